The lowest BCUT2D eigenvalue weighted by atomic mass is 10.1. The molecule has 29 heavy (non-hydrogen) atoms. The van der Waals surface area contributed by atoms with Crippen molar-refractivity contribution in [1.29, 1.82) is 0 Å². The zero-order valence-electron chi connectivity index (χ0n) is 16.7. The van der Waals surface area contributed by atoms with Gasteiger partial charge in [-0.25, -0.2) is 8.78 Å². The summed E-state index contributed by atoms with van der Waals surface area (Å²) in [5.74, 6) is -0.470. The maximum atomic E-state index is 14.0. The van der Waals surface area contributed by atoms with Crippen molar-refractivity contribution < 1.29 is 13.6 Å². The van der Waals surface area contributed by atoms with E-state index in [1.165, 1.54) is 12.1 Å². The lowest BCUT2D eigenvalue weighted by Crippen LogP contribution is -2.38. The minimum absolute atomic E-state index is 0.208. The van der Waals surface area contributed by atoms with E-state index in [0.717, 1.165) is 30.2 Å². The van der Waals surface area contributed by atoms with Crippen molar-refractivity contribution in [3.8, 4) is 0 Å². The molecule has 1 atom stereocenters. The fourth-order valence-corrected chi connectivity index (χ4v) is 3.45. The molecule has 7 heteroatoms. The Bertz CT molecular complexity index is 900. The maximum absolute atomic E-state index is 14.0. The minimum Gasteiger partial charge on any atom is -0.352 e. The Balaban J connectivity index is 1.57. The molecule has 2 aromatic carbocycles. The van der Waals surface area contributed by atoms with Crippen molar-refractivity contribution in [3.63, 3.8) is 0 Å². The van der Waals surface area contributed by atoms with Crippen molar-refractivity contribution >= 4 is 11.9 Å². The number of halogens is 2. The second-order valence-electron chi connectivity index (χ2n) is 7.20. The fourth-order valence-electron chi connectivity index (χ4n) is 3.45. The number of carbonyl (C=O) groups is 1. The summed E-state index contributed by atoms with van der Waals surface area (Å²) < 4.78 is 27.1. The Hall–Kier alpha value is -2.96. The number of hydrogen-bond donors (Lipinski definition) is 2. The normalized spacial score (nSPS) is 15.5. The van der Waals surface area contributed by atoms with E-state index in [1.54, 1.807) is 14.0 Å². The Kier molecular flexibility index (Phi) is 6.80. The number of amides is 1. The van der Waals surface area contributed by atoms with Gasteiger partial charge in [-0.3, -0.25) is 9.79 Å². The molecule has 2 aromatic rings. The Labute approximate surface area is 169 Å². The molecule has 0 aliphatic carbocycles. The molecule has 0 aromatic heterocycles. The predicted molar refractivity (Wildman–Crippen MR) is 109 cm³/mol. The number of hydrogen-bond acceptors (Lipinski definition) is 2. The molecule has 0 saturated carbocycles. The molecule has 5 nitrogen and oxygen atoms in total. The summed E-state index contributed by atoms with van der Waals surface area (Å²) >= 11 is 0. The fraction of sp³-hybridized carbons (Fsp3) is 0.364. The van der Waals surface area contributed by atoms with Crippen molar-refractivity contribution in [2.24, 2.45) is 4.99 Å². The van der Waals surface area contributed by atoms with Gasteiger partial charge in [0.15, 0.2) is 5.96 Å². The van der Waals surface area contributed by atoms with Crippen LogP contribution in [0.1, 0.15) is 42.5 Å². The van der Waals surface area contributed by atoms with Gasteiger partial charge in [0.05, 0.1) is 6.04 Å². The van der Waals surface area contributed by atoms with Gasteiger partial charge in [-0.2, -0.15) is 0 Å². The van der Waals surface area contributed by atoms with Gasteiger partial charge >= 0.3 is 0 Å². The largest absolute Gasteiger partial charge is 0.352 e. The summed E-state index contributed by atoms with van der Waals surface area (Å²) in [6.45, 7) is 3.76. The van der Waals surface area contributed by atoms with Gasteiger partial charge in [0.2, 0.25) is 5.91 Å². The van der Waals surface area contributed by atoms with Gasteiger partial charge in [-0.05, 0) is 30.5 Å². The van der Waals surface area contributed by atoms with E-state index in [0.29, 0.717) is 31.0 Å². The molecule has 1 heterocycles. The number of nitrogens with zero attached hydrogens (tertiary/aromatic N) is 2. The number of benzene rings is 2. The molecule has 154 valence electrons. The summed E-state index contributed by atoms with van der Waals surface area (Å²) in [6.07, 6.45) is 1.56. The van der Waals surface area contributed by atoms with Crippen LogP contribution in [0.4, 0.5) is 8.78 Å². The third-order valence-corrected chi connectivity index (χ3v) is 5.00. The number of nitrogens with one attached hydrogen (secondary N) is 2. The van der Waals surface area contributed by atoms with Gasteiger partial charge in [-0.1, -0.05) is 30.3 Å². The van der Waals surface area contributed by atoms with Crippen LogP contribution in [-0.2, 0) is 17.9 Å². The van der Waals surface area contributed by atoms with E-state index in [2.05, 4.69) is 21.7 Å². The van der Waals surface area contributed by atoms with Crippen LogP contribution >= 0.6 is 0 Å². The van der Waals surface area contributed by atoms with Gasteiger partial charge in [0.25, 0.3) is 0 Å². The molecular formula is C22H26F2N4O. The summed E-state index contributed by atoms with van der Waals surface area (Å²) in [4.78, 5) is 17.9. The molecule has 2 N–H and O–H groups in total. The highest BCUT2D eigenvalue weighted by Crippen LogP contribution is 2.18. The quantitative estimate of drug-likeness (QED) is 0.576. The Morgan fingerprint density at radius 2 is 2.00 bits per heavy atom. The van der Waals surface area contributed by atoms with Crippen LogP contribution in [0, 0.1) is 11.6 Å². The van der Waals surface area contributed by atoms with E-state index in [9.17, 15) is 13.6 Å². The summed E-state index contributed by atoms with van der Waals surface area (Å²) in [5.41, 5.74) is 2.51. The smallest absolute Gasteiger partial charge is 0.222 e. The van der Waals surface area contributed by atoms with Gasteiger partial charge in [0.1, 0.15) is 11.6 Å². The summed E-state index contributed by atoms with van der Waals surface area (Å²) in [5, 5.41) is 6.32. The topological polar surface area (TPSA) is 56.7 Å². The molecule has 3 rings (SSSR count). The first-order valence-electron chi connectivity index (χ1n) is 9.74. The monoisotopic (exact) mass is 400 g/mol. The highest BCUT2D eigenvalue weighted by Gasteiger charge is 2.20. The molecule has 0 spiro atoms. The second-order valence-corrected chi connectivity index (χ2v) is 7.20. The van der Waals surface area contributed by atoms with Crippen LogP contribution in [0.5, 0.6) is 0 Å². The van der Waals surface area contributed by atoms with E-state index >= 15 is 0 Å². The van der Waals surface area contributed by atoms with Crippen molar-refractivity contribution in [3.05, 3.63) is 70.8 Å². The van der Waals surface area contributed by atoms with Gasteiger partial charge < -0.3 is 15.5 Å². The van der Waals surface area contributed by atoms with Crippen LogP contribution < -0.4 is 10.6 Å². The maximum Gasteiger partial charge on any atom is 0.222 e. The molecule has 0 bridgehead atoms. The third kappa shape index (κ3) is 5.53. The zero-order valence-corrected chi connectivity index (χ0v) is 16.7. The number of likely N-dealkylation sites (tertiary alicyclic amines) is 1. The molecule has 1 amide bonds. The minimum atomic E-state index is -0.600. The van der Waals surface area contributed by atoms with E-state index in [1.807, 2.05) is 23.1 Å². The number of guanidine groups is 1. The van der Waals surface area contributed by atoms with Crippen LogP contribution in [0.2, 0.25) is 0 Å². The molecule has 1 unspecified atom stereocenters. The number of rotatable bonds is 6. The number of aliphatic imine (C=N–C) groups is 1. The highest BCUT2D eigenvalue weighted by molar-refractivity contribution is 5.80. The van der Waals surface area contributed by atoms with E-state index in [4.69, 9.17) is 0 Å². The average Bonchev–Trinajstić information content (AvgIpc) is 3.09. The van der Waals surface area contributed by atoms with Crippen LogP contribution in [0.15, 0.2) is 47.5 Å². The molecule has 0 radical (unpaired) electrons. The second kappa shape index (κ2) is 9.49. The lowest BCUT2D eigenvalue weighted by Gasteiger charge is -2.19. The predicted octanol–water partition coefficient (Wildman–Crippen LogP) is 3.51. The first kappa shape index (κ1) is 20.8. The standard InChI is InChI=1S/C22H26F2N4O/c1-15(19-9-8-18(23)12-20(19)24)27-22(25-2)26-13-16-5-3-6-17(11-16)14-28-10-4-7-21(28)29/h3,5-6,8-9,11-12,15H,4,7,10,13-14H2,1-2H3,(H2,25,26,27). The van der Waals surface area contributed by atoms with Crippen LogP contribution in [-0.4, -0.2) is 30.4 Å². The lowest BCUT2D eigenvalue weighted by molar-refractivity contribution is -0.128. The Morgan fingerprint density at radius 3 is 2.69 bits per heavy atom. The molecule has 1 saturated heterocycles. The van der Waals surface area contributed by atoms with E-state index < -0.39 is 11.6 Å². The Morgan fingerprint density at radius 1 is 1.21 bits per heavy atom. The van der Waals surface area contributed by atoms with Crippen molar-refractivity contribution in [2.45, 2.75) is 38.9 Å². The van der Waals surface area contributed by atoms with Gasteiger partial charge in [-0.15, -0.1) is 0 Å². The van der Waals surface area contributed by atoms with Crippen molar-refractivity contribution in [2.75, 3.05) is 13.6 Å². The first-order chi connectivity index (χ1) is 14.0. The van der Waals surface area contributed by atoms with Gasteiger partial charge in [0, 0.05) is 44.7 Å². The third-order valence-electron chi connectivity index (χ3n) is 5.00. The number of carbonyl (C=O) groups excluding carboxylic acids is 1. The molecular weight excluding hydrogens is 374 g/mol. The summed E-state index contributed by atoms with van der Waals surface area (Å²) in [7, 11) is 1.64. The average molecular weight is 400 g/mol. The SMILES string of the molecule is CN=C(NCc1cccc(CN2CCCC2=O)c1)NC(C)c1ccc(F)cc1F. The van der Waals surface area contributed by atoms with Crippen molar-refractivity contribution in [1.82, 2.24) is 15.5 Å². The highest BCUT2D eigenvalue weighted by atomic mass is 19.1. The first-order valence-corrected chi connectivity index (χ1v) is 9.74. The molecule has 1 fully saturated rings. The zero-order chi connectivity index (χ0) is 20.8. The van der Waals surface area contributed by atoms with Crippen LogP contribution in [0.25, 0.3) is 0 Å². The van der Waals surface area contributed by atoms with Crippen LogP contribution in [0.3, 0.4) is 0 Å². The molecule has 1 aliphatic rings. The molecule has 1 aliphatic heterocycles. The summed E-state index contributed by atoms with van der Waals surface area (Å²) in [6, 6.07) is 11.2. The van der Waals surface area contributed by atoms with E-state index in [-0.39, 0.29) is 11.9 Å².